The highest BCUT2D eigenvalue weighted by molar-refractivity contribution is 6.33. The summed E-state index contributed by atoms with van der Waals surface area (Å²) in [7, 11) is 0. The zero-order valence-corrected chi connectivity index (χ0v) is 15.2. The molecule has 2 amide bonds. The highest BCUT2D eigenvalue weighted by Crippen LogP contribution is 2.30. The first-order valence-corrected chi connectivity index (χ1v) is 9.09. The second-order valence-electron chi connectivity index (χ2n) is 6.31. The summed E-state index contributed by atoms with van der Waals surface area (Å²) in [6, 6.07) is 10.7. The third-order valence-electron chi connectivity index (χ3n) is 4.48. The molecule has 7 heteroatoms. The van der Waals surface area contributed by atoms with Gasteiger partial charge in [-0.2, -0.15) is 0 Å². The van der Waals surface area contributed by atoms with Gasteiger partial charge in [0.05, 0.1) is 10.9 Å². The van der Waals surface area contributed by atoms with Crippen LogP contribution in [0.4, 0.5) is 0 Å². The van der Waals surface area contributed by atoms with Crippen molar-refractivity contribution in [2.75, 3.05) is 26.2 Å². The molecule has 1 aromatic heterocycles. The van der Waals surface area contributed by atoms with Crippen molar-refractivity contribution in [2.45, 2.75) is 12.8 Å². The Morgan fingerprint density at radius 3 is 2.85 bits per heavy atom. The Hall–Kier alpha value is -2.31. The van der Waals surface area contributed by atoms with Crippen molar-refractivity contribution in [2.24, 2.45) is 11.7 Å². The number of nitrogens with one attached hydrogen (secondary N) is 1. The number of nitrogens with zero attached hydrogens (tertiary/aromatic N) is 1. The Labute approximate surface area is 157 Å². The first-order chi connectivity index (χ1) is 12.6. The average molecular weight is 376 g/mol. The van der Waals surface area contributed by atoms with Crippen LogP contribution >= 0.6 is 11.6 Å². The minimum atomic E-state index is -0.211. The molecule has 26 heavy (non-hydrogen) atoms. The maximum atomic E-state index is 12.8. The normalized spacial score (nSPS) is 17.2. The molecule has 1 aliphatic rings. The van der Waals surface area contributed by atoms with Gasteiger partial charge >= 0.3 is 0 Å². The third kappa shape index (κ3) is 4.08. The average Bonchev–Trinajstić information content (AvgIpc) is 3.16. The van der Waals surface area contributed by atoms with Crippen LogP contribution in [0, 0.1) is 5.92 Å². The molecular formula is C19H22ClN3O3. The summed E-state index contributed by atoms with van der Waals surface area (Å²) in [5.41, 5.74) is 6.16. The van der Waals surface area contributed by atoms with Gasteiger partial charge in [-0.3, -0.25) is 9.59 Å². The van der Waals surface area contributed by atoms with E-state index >= 15 is 0 Å². The largest absolute Gasteiger partial charge is 0.451 e. The van der Waals surface area contributed by atoms with Gasteiger partial charge in [-0.05, 0) is 37.1 Å². The number of likely N-dealkylation sites (tertiary alicyclic amines) is 1. The van der Waals surface area contributed by atoms with E-state index in [2.05, 4.69) is 5.32 Å². The van der Waals surface area contributed by atoms with Gasteiger partial charge in [-0.15, -0.1) is 0 Å². The van der Waals surface area contributed by atoms with Crippen molar-refractivity contribution in [1.82, 2.24) is 10.2 Å². The van der Waals surface area contributed by atoms with Gasteiger partial charge < -0.3 is 20.4 Å². The Kier molecular flexibility index (Phi) is 5.96. The predicted octanol–water partition coefficient (Wildman–Crippen LogP) is 2.53. The van der Waals surface area contributed by atoms with Gasteiger partial charge in [0.2, 0.25) is 5.91 Å². The summed E-state index contributed by atoms with van der Waals surface area (Å²) in [6.45, 7) is 1.85. The Morgan fingerprint density at radius 2 is 2.08 bits per heavy atom. The monoisotopic (exact) mass is 375 g/mol. The van der Waals surface area contributed by atoms with E-state index in [1.54, 1.807) is 23.1 Å². The van der Waals surface area contributed by atoms with Gasteiger partial charge in [0, 0.05) is 31.7 Å². The molecular weight excluding hydrogens is 354 g/mol. The lowest BCUT2D eigenvalue weighted by molar-refractivity contribution is -0.126. The number of halogens is 1. The Balaban J connectivity index is 1.69. The lowest BCUT2D eigenvalue weighted by atomic mass is 9.97. The van der Waals surface area contributed by atoms with Crippen molar-refractivity contribution < 1.29 is 14.0 Å². The fourth-order valence-corrected chi connectivity index (χ4v) is 3.36. The SMILES string of the molecule is NCCNC(=O)C1CCCN(C(=O)c2ccc(-c3ccccc3Cl)o2)C1. The molecule has 1 atom stereocenters. The van der Waals surface area contributed by atoms with Crippen LogP contribution < -0.4 is 11.1 Å². The van der Waals surface area contributed by atoms with Crippen LogP contribution in [0.15, 0.2) is 40.8 Å². The number of piperidine rings is 1. The number of hydrogen-bond acceptors (Lipinski definition) is 4. The fourth-order valence-electron chi connectivity index (χ4n) is 3.13. The molecule has 0 spiro atoms. The zero-order chi connectivity index (χ0) is 18.5. The van der Waals surface area contributed by atoms with E-state index in [-0.39, 0.29) is 23.5 Å². The molecule has 1 aromatic carbocycles. The van der Waals surface area contributed by atoms with E-state index < -0.39 is 0 Å². The molecule has 3 rings (SSSR count). The van der Waals surface area contributed by atoms with Crippen molar-refractivity contribution >= 4 is 23.4 Å². The van der Waals surface area contributed by atoms with Gasteiger partial charge in [-0.1, -0.05) is 23.7 Å². The van der Waals surface area contributed by atoms with Crippen LogP contribution in [0.1, 0.15) is 23.4 Å². The van der Waals surface area contributed by atoms with Gasteiger partial charge in [0.25, 0.3) is 5.91 Å². The minimum Gasteiger partial charge on any atom is -0.451 e. The molecule has 2 heterocycles. The maximum Gasteiger partial charge on any atom is 0.289 e. The summed E-state index contributed by atoms with van der Waals surface area (Å²) < 4.78 is 5.73. The lowest BCUT2D eigenvalue weighted by Crippen LogP contribution is -2.46. The summed E-state index contributed by atoms with van der Waals surface area (Å²) >= 11 is 6.18. The number of hydrogen-bond donors (Lipinski definition) is 2. The van der Waals surface area contributed by atoms with E-state index in [1.165, 1.54) is 0 Å². The number of furan rings is 1. The van der Waals surface area contributed by atoms with Crippen molar-refractivity contribution in [3.8, 4) is 11.3 Å². The second kappa shape index (κ2) is 8.38. The molecule has 0 saturated carbocycles. The molecule has 0 bridgehead atoms. The van der Waals surface area contributed by atoms with Crippen LogP contribution in [-0.4, -0.2) is 42.9 Å². The summed E-state index contributed by atoms with van der Waals surface area (Å²) in [5.74, 6) is 0.331. The molecule has 2 aromatic rings. The molecule has 1 fully saturated rings. The molecule has 0 aliphatic carbocycles. The molecule has 1 saturated heterocycles. The minimum absolute atomic E-state index is 0.0517. The third-order valence-corrected chi connectivity index (χ3v) is 4.81. The predicted molar refractivity (Wildman–Crippen MR) is 99.8 cm³/mol. The summed E-state index contributed by atoms with van der Waals surface area (Å²) in [5, 5.41) is 3.36. The quantitative estimate of drug-likeness (QED) is 0.840. The summed E-state index contributed by atoms with van der Waals surface area (Å²) in [6.07, 6.45) is 1.55. The lowest BCUT2D eigenvalue weighted by Gasteiger charge is -2.31. The molecule has 138 valence electrons. The Bertz CT molecular complexity index is 790. The van der Waals surface area contributed by atoms with Gasteiger partial charge in [0.15, 0.2) is 5.76 Å². The Morgan fingerprint density at radius 1 is 1.27 bits per heavy atom. The summed E-state index contributed by atoms with van der Waals surface area (Å²) in [4.78, 5) is 26.6. The van der Waals surface area contributed by atoms with Gasteiger partial charge in [0.1, 0.15) is 5.76 Å². The molecule has 6 nitrogen and oxygen atoms in total. The second-order valence-corrected chi connectivity index (χ2v) is 6.72. The first-order valence-electron chi connectivity index (χ1n) is 8.72. The number of rotatable bonds is 5. The van der Waals surface area contributed by atoms with Crippen LogP contribution in [0.3, 0.4) is 0 Å². The highest BCUT2D eigenvalue weighted by Gasteiger charge is 2.30. The molecule has 0 radical (unpaired) electrons. The van der Waals surface area contributed by atoms with Crippen molar-refractivity contribution in [3.05, 3.63) is 47.2 Å². The van der Waals surface area contributed by atoms with E-state index in [9.17, 15) is 9.59 Å². The van der Waals surface area contributed by atoms with E-state index in [4.69, 9.17) is 21.8 Å². The van der Waals surface area contributed by atoms with Crippen molar-refractivity contribution in [3.63, 3.8) is 0 Å². The van der Waals surface area contributed by atoms with E-state index in [0.717, 1.165) is 18.4 Å². The highest BCUT2D eigenvalue weighted by atomic mass is 35.5. The number of nitrogens with two attached hydrogens (primary N) is 1. The molecule has 3 N–H and O–H groups in total. The van der Waals surface area contributed by atoms with Crippen molar-refractivity contribution in [1.29, 1.82) is 0 Å². The molecule has 1 aliphatic heterocycles. The van der Waals surface area contributed by atoms with E-state index in [0.29, 0.717) is 37.0 Å². The zero-order valence-electron chi connectivity index (χ0n) is 14.4. The smallest absolute Gasteiger partial charge is 0.289 e. The fraction of sp³-hybridized carbons (Fsp3) is 0.368. The van der Waals surface area contributed by atoms with Crippen LogP contribution in [-0.2, 0) is 4.79 Å². The van der Waals surface area contributed by atoms with Crippen LogP contribution in [0.2, 0.25) is 5.02 Å². The van der Waals surface area contributed by atoms with Crippen LogP contribution in [0.5, 0.6) is 0 Å². The topological polar surface area (TPSA) is 88.6 Å². The van der Waals surface area contributed by atoms with E-state index in [1.807, 2.05) is 18.2 Å². The molecule has 1 unspecified atom stereocenters. The van der Waals surface area contributed by atoms with Crippen LogP contribution in [0.25, 0.3) is 11.3 Å². The number of carbonyl (C=O) groups is 2. The number of amides is 2. The number of carbonyl (C=O) groups excluding carboxylic acids is 2. The van der Waals surface area contributed by atoms with Gasteiger partial charge in [-0.25, -0.2) is 0 Å². The number of benzene rings is 1. The standard InChI is InChI=1S/C19H22ClN3O3/c20-15-6-2-1-5-14(15)16-7-8-17(26-16)19(25)23-11-3-4-13(12-23)18(24)22-10-9-21/h1-2,5-8,13H,3-4,9-12,21H2,(H,22,24). The maximum absolute atomic E-state index is 12.8. The first kappa shape index (κ1) is 18.5.